The van der Waals surface area contributed by atoms with Gasteiger partial charge >= 0.3 is 0 Å². The van der Waals surface area contributed by atoms with Crippen molar-refractivity contribution in [2.75, 3.05) is 0 Å². The number of carbonyl (C=O) groups is 1. The first-order valence-corrected chi connectivity index (χ1v) is 10.1. The van der Waals surface area contributed by atoms with Crippen molar-refractivity contribution in [2.24, 2.45) is 0 Å². The Morgan fingerprint density at radius 2 is 1.77 bits per heavy atom. The summed E-state index contributed by atoms with van der Waals surface area (Å²) >= 11 is 0. The fraction of sp³-hybridized carbons (Fsp3) is 0.160. The van der Waals surface area contributed by atoms with Crippen LogP contribution in [-0.4, -0.2) is 20.7 Å². The first-order chi connectivity index (χ1) is 15.1. The van der Waals surface area contributed by atoms with Crippen LogP contribution < -0.4 is 10.1 Å². The number of amides is 1. The van der Waals surface area contributed by atoms with Crippen molar-refractivity contribution in [3.63, 3.8) is 0 Å². The van der Waals surface area contributed by atoms with Gasteiger partial charge in [-0.2, -0.15) is 5.10 Å². The van der Waals surface area contributed by atoms with Crippen LogP contribution in [0.25, 0.3) is 5.69 Å². The fourth-order valence-electron chi connectivity index (χ4n) is 3.27. The van der Waals surface area contributed by atoms with Crippen molar-refractivity contribution in [3.05, 3.63) is 107 Å². The highest BCUT2D eigenvalue weighted by Gasteiger charge is 2.08. The molecule has 1 N–H and O–H groups in total. The molecule has 2 heterocycles. The summed E-state index contributed by atoms with van der Waals surface area (Å²) in [6, 6.07) is 22.9. The lowest BCUT2D eigenvalue weighted by atomic mass is 10.1. The predicted octanol–water partition coefficient (Wildman–Crippen LogP) is 4.39. The first-order valence-electron chi connectivity index (χ1n) is 10.1. The zero-order valence-electron chi connectivity index (χ0n) is 17.6. The van der Waals surface area contributed by atoms with E-state index < -0.39 is 0 Å². The first kappa shape index (κ1) is 20.3. The van der Waals surface area contributed by atoms with Gasteiger partial charge in [0.2, 0.25) is 0 Å². The molecule has 6 heteroatoms. The Labute approximate surface area is 181 Å². The van der Waals surface area contributed by atoms with Gasteiger partial charge in [-0.05, 0) is 74.0 Å². The maximum atomic E-state index is 12.5. The molecule has 0 unspecified atom stereocenters. The molecule has 1 amide bonds. The number of pyridine rings is 1. The van der Waals surface area contributed by atoms with Gasteiger partial charge in [-0.15, -0.1) is 0 Å². The van der Waals surface area contributed by atoms with Crippen molar-refractivity contribution in [1.82, 2.24) is 20.1 Å². The van der Waals surface area contributed by atoms with E-state index in [1.165, 1.54) is 0 Å². The van der Waals surface area contributed by atoms with Gasteiger partial charge in [0.05, 0.1) is 17.1 Å². The van der Waals surface area contributed by atoms with Crippen molar-refractivity contribution >= 4 is 5.91 Å². The third kappa shape index (κ3) is 5.17. The molecule has 4 aromatic rings. The third-order valence-corrected chi connectivity index (χ3v) is 4.87. The maximum absolute atomic E-state index is 12.5. The number of benzene rings is 2. The smallest absolute Gasteiger partial charge is 0.251 e. The monoisotopic (exact) mass is 412 g/mol. The average molecular weight is 412 g/mol. The number of hydrogen-bond donors (Lipinski definition) is 1. The Kier molecular flexibility index (Phi) is 6.08. The van der Waals surface area contributed by atoms with E-state index in [9.17, 15) is 4.79 Å². The summed E-state index contributed by atoms with van der Waals surface area (Å²) in [6.45, 7) is 4.84. The van der Waals surface area contributed by atoms with Gasteiger partial charge in [0.1, 0.15) is 12.4 Å². The molecule has 0 atom stereocenters. The van der Waals surface area contributed by atoms with E-state index in [1.807, 2.05) is 91.3 Å². The molecule has 6 nitrogen and oxygen atoms in total. The van der Waals surface area contributed by atoms with Crippen molar-refractivity contribution < 1.29 is 9.53 Å². The SMILES string of the molecule is Cc1cc(C)n(-c2ccc(C(=O)NCc3ccc(OCc4ccccn4)cc3)cc2)n1. The largest absolute Gasteiger partial charge is 0.487 e. The van der Waals surface area contributed by atoms with Gasteiger partial charge in [0.25, 0.3) is 5.91 Å². The van der Waals surface area contributed by atoms with Crippen LogP contribution in [0.15, 0.2) is 79.0 Å². The summed E-state index contributed by atoms with van der Waals surface area (Å²) in [6.07, 6.45) is 1.75. The van der Waals surface area contributed by atoms with Gasteiger partial charge in [0, 0.05) is 24.0 Å². The molecule has 0 bridgehead atoms. The Morgan fingerprint density at radius 3 is 2.42 bits per heavy atom. The third-order valence-electron chi connectivity index (χ3n) is 4.87. The minimum absolute atomic E-state index is 0.115. The van der Waals surface area contributed by atoms with Crippen LogP contribution in [0.3, 0.4) is 0 Å². The van der Waals surface area contributed by atoms with E-state index in [-0.39, 0.29) is 5.91 Å². The minimum atomic E-state index is -0.115. The number of carbonyl (C=O) groups excluding carboxylic acids is 1. The van der Waals surface area contributed by atoms with Crippen LogP contribution in [0, 0.1) is 13.8 Å². The highest BCUT2D eigenvalue weighted by atomic mass is 16.5. The average Bonchev–Trinajstić information content (AvgIpc) is 3.15. The van der Waals surface area contributed by atoms with E-state index in [2.05, 4.69) is 15.4 Å². The van der Waals surface area contributed by atoms with Crippen molar-refractivity contribution in [2.45, 2.75) is 27.0 Å². The molecule has 0 aliphatic carbocycles. The normalized spacial score (nSPS) is 10.6. The Morgan fingerprint density at radius 1 is 1.00 bits per heavy atom. The Hall–Kier alpha value is -3.93. The number of ether oxygens (including phenoxy) is 1. The molecule has 31 heavy (non-hydrogen) atoms. The molecule has 2 aromatic heterocycles. The van der Waals surface area contributed by atoms with Crippen LogP contribution in [-0.2, 0) is 13.2 Å². The van der Waals surface area contributed by atoms with Gasteiger partial charge in [-0.25, -0.2) is 4.68 Å². The molecule has 0 radical (unpaired) electrons. The summed E-state index contributed by atoms with van der Waals surface area (Å²) < 4.78 is 7.61. The second-order valence-corrected chi connectivity index (χ2v) is 7.32. The maximum Gasteiger partial charge on any atom is 0.251 e. The van der Waals surface area contributed by atoms with Crippen LogP contribution in [0.2, 0.25) is 0 Å². The molecule has 0 saturated heterocycles. The molecule has 0 saturated carbocycles. The predicted molar refractivity (Wildman–Crippen MR) is 119 cm³/mol. The topological polar surface area (TPSA) is 69.0 Å². The number of nitrogens with zero attached hydrogens (tertiary/aromatic N) is 3. The van der Waals surface area contributed by atoms with E-state index >= 15 is 0 Å². The number of rotatable bonds is 7. The summed E-state index contributed by atoms with van der Waals surface area (Å²) in [5.41, 5.74) is 5.44. The second-order valence-electron chi connectivity index (χ2n) is 7.32. The number of aromatic nitrogens is 3. The van der Waals surface area contributed by atoms with E-state index in [1.54, 1.807) is 6.20 Å². The lowest BCUT2D eigenvalue weighted by molar-refractivity contribution is 0.0951. The number of aryl methyl sites for hydroxylation is 2. The summed E-state index contributed by atoms with van der Waals surface area (Å²) in [7, 11) is 0. The zero-order valence-corrected chi connectivity index (χ0v) is 17.6. The van der Waals surface area contributed by atoms with Crippen LogP contribution in [0.1, 0.15) is 33.0 Å². The van der Waals surface area contributed by atoms with Crippen molar-refractivity contribution in [1.29, 1.82) is 0 Å². The number of nitrogens with one attached hydrogen (secondary N) is 1. The molecular weight excluding hydrogens is 388 g/mol. The molecular formula is C25H24N4O2. The molecule has 0 fully saturated rings. The van der Waals surface area contributed by atoms with E-state index in [0.717, 1.165) is 34.1 Å². The van der Waals surface area contributed by atoms with Crippen LogP contribution in [0.4, 0.5) is 0 Å². The Balaban J connectivity index is 1.30. The lowest BCUT2D eigenvalue weighted by Gasteiger charge is -2.09. The standard InChI is InChI=1S/C25H24N4O2/c1-18-15-19(2)29(28-18)23-10-8-21(9-11-23)25(30)27-16-20-6-12-24(13-7-20)31-17-22-5-3-4-14-26-22/h3-15H,16-17H2,1-2H3,(H,27,30). The van der Waals surface area contributed by atoms with Crippen molar-refractivity contribution in [3.8, 4) is 11.4 Å². The molecule has 156 valence electrons. The highest BCUT2D eigenvalue weighted by Crippen LogP contribution is 2.15. The van der Waals surface area contributed by atoms with Gasteiger partial charge in [-0.1, -0.05) is 18.2 Å². The highest BCUT2D eigenvalue weighted by molar-refractivity contribution is 5.94. The molecule has 4 rings (SSSR count). The molecule has 0 aliphatic heterocycles. The van der Waals surface area contributed by atoms with E-state index in [4.69, 9.17) is 4.74 Å². The fourth-order valence-corrected chi connectivity index (χ4v) is 3.27. The molecule has 0 spiro atoms. The Bertz CT molecular complexity index is 1150. The quantitative estimate of drug-likeness (QED) is 0.489. The molecule has 2 aromatic carbocycles. The summed E-state index contributed by atoms with van der Waals surface area (Å²) in [5.74, 6) is 0.649. The number of hydrogen-bond acceptors (Lipinski definition) is 4. The molecule has 0 aliphatic rings. The van der Waals surface area contributed by atoms with Gasteiger partial charge in [0.15, 0.2) is 0 Å². The van der Waals surface area contributed by atoms with Gasteiger partial charge in [-0.3, -0.25) is 9.78 Å². The summed E-state index contributed by atoms with van der Waals surface area (Å²) in [4.78, 5) is 16.7. The van der Waals surface area contributed by atoms with Crippen LogP contribution >= 0.6 is 0 Å². The second kappa shape index (κ2) is 9.26. The minimum Gasteiger partial charge on any atom is -0.487 e. The van der Waals surface area contributed by atoms with Crippen LogP contribution in [0.5, 0.6) is 5.75 Å². The van der Waals surface area contributed by atoms with E-state index in [0.29, 0.717) is 18.7 Å². The zero-order chi connectivity index (χ0) is 21.6. The summed E-state index contributed by atoms with van der Waals surface area (Å²) in [5, 5.41) is 7.43. The lowest BCUT2D eigenvalue weighted by Crippen LogP contribution is -2.22. The van der Waals surface area contributed by atoms with Gasteiger partial charge < -0.3 is 10.1 Å².